The van der Waals surface area contributed by atoms with Gasteiger partial charge in [0.15, 0.2) is 17.5 Å². The van der Waals surface area contributed by atoms with E-state index in [1.807, 2.05) is 133 Å². The Labute approximate surface area is 334 Å². The number of furan rings is 2. The van der Waals surface area contributed by atoms with Crippen LogP contribution in [0.25, 0.3) is 111 Å². The summed E-state index contributed by atoms with van der Waals surface area (Å²) in [7, 11) is 0. The fourth-order valence-corrected chi connectivity index (χ4v) is 7.25. The highest BCUT2D eigenvalue weighted by molar-refractivity contribution is 6.15. The molecule has 0 aliphatic carbocycles. The Balaban J connectivity index is 1.10. The second-order valence-corrected chi connectivity index (χ2v) is 13.3. The SMILES string of the molecule is [2H]c1c([2H])c([2H])c(-c2c([2H])c([2H])c(-c3nc(-c4cccc(-c5ccccc5)c4)nc(-c4ccc5c(c4)oc4c(-c6cccc7c6oc6ccccc67)cccc45)n3)c([2H])c2[2H])c([2H])c1[2H]. The van der Waals surface area contributed by atoms with Gasteiger partial charge in [-0.25, -0.2) is 15.0 Å². The van der Waals surface area contributed by atoms with E-state index >= 15 is 0 Å². The molecule has 0 fully saturated rings. The molecule has 262 valence electrons. The molecule has 0 amide bonds. The van der Waals surface area contributed by atoms with E-state index < -0.39 is 65.5 Å². The number of hydrogen-bond acceptors (Lipinski definition) is 5. The third-order valence-corrected chi connectivity index (χ3v) is 9.91. The van der Waals surface area contributed by atoms with E-state index in [1.54, 1.807) is 0 Å². The van der Waals surface area contributed by atoms with Crippen LogP contribution in [0.15, 0.2) is 197 Å². The molecule has 8 aromatic carbocycles. The largest absolute Gasteiger partial charge is 0.455 e. The summed E-state index contributed by atoms with van der Waals surface area (Å²) in [6.07, 6.45) is 0. The summed E-state index contributed by atoms with van der Waals surface area (Å²) in [6.45, 7) is 0. The highest BCUT2D eigenvalue weighted by Crippen LogP contribution is 2.42. The number of hydrogen-bond donors (Lipinski definition) is 0. The van der Waals surface area contributed by atoms with Gasteiger partial charge in [-0.3, -0.25) is 0 Å². The Hall–Kier alpha value is -7.63. The Morgan fingerprint density at radius 2 is 0.857 bits per heavy atom. The average molecular weight is 727 g/mol. The molecular formula is C51H31N3O2. The van der Waals surface area contributed by atoms with Crippen LogP contribution in [0.1, 0.15) is 12.3 Å². The average Bonchev–Trinajstić information content (AvgIpc) is 3.92. The molecule has 0 bridgehead atoms. The Kier molecular flexibility index (Phi) is 5.57. The van der Waals surface area contributed by atoms with Crippen LogP contribution in [0.4, 0.5) is 0 Å². The zero-order valence-corrected chi connectivity index (χ0v) is 29.4. The highest BCUT2D eigenvalue weighted by atomic mass is 16.3. The lowest BCUT2D eigenvalue weighted by molar-refractivity contribution is 0.665. The first-order valence-electron chi connectivity index (χ1n) is 22.4. The number of benzene rings is 8. The minimum atomic E-state index is -0.660. The minimum absolute atomic E-state index is 0.161. The Morgan fingerprint density at radius 3 is 1.59 bits per heavy atom. The first kappa shape index (κ1) is 23.9. The molecule has 0 aliphatic heterocycles. The Morgan fingerprint density at radius 1 is 0.339 bits per heavy atom. The minimum Gasteiger partial charge on any atom is -0.455 e. The van der Waals surface area contributed by atoms with Gasteiger partial charge in [0.25, 0.3) is 0 Å². The number of aromatic nitrogens is 3. The van der Waals surface area contributed by atoms with Gasteiger partial charge in [-0.1, -0.05) is 164 Å². The second kappa shape index (κ2) is 13.0. The van der Waals surface area contributed by atoms with Crippen LogP contribution in [0.2, 0.25) is 0 Å². The summed E-state index contributed by atoms with van der Waals surface area (Å²) < 4.78 is 91.3. The molecule has 0 N–H and O–H groups in total. The summed E-state index contributed by atoms with van der Waals surface area (Å²) in [4.78, 5) is 14.5. The maximum atomic E-state index is 9.22. The topological polar surface area (TPSA) is 65.0 Å². The monoisotopic (exact) mass is 726 g/mol. The number of nitrogens with zero attached hydrogens (tertiary/aromatic N) is 3. The van der Waals surface area contributed by atoms with Crippen molar-refractivity contribution in [1.29, 1.82) is 0 Å². The van der Waals surface area contributed by atoms with Crippen LogP contribution in [0.5, 0.6) is 0 Å². The predicted octanol–water partition coefficient (Wildman–Crippen LogP) is 13.7. The fourth-order valence-electron chi connectivity index (χ4n) is 7.25. The van der Waals surface area contributed by atoms with Crippen LogP contribution in [-0.2, 0) is 0 Å². The van der Waals surface area contributed by atoms with E-state index in [2.05, 4.69) is 0 Å². The van der Waals surface area contributed by atoms with E-state index in [4.69, 9.17) is 33.4 Å². The molecule has 3 aromatic heterocycles. The molecule has 11 aromatic rings. The summed E-state index contributed by atoms with van der Waals surface area (Å²) >= 11 is 0. The normalized spacial score (nSPS) is 13.8. The first-order valence-corrected chi connectivity index (χ1v) is 17.9. The van der Waals surface area contributed by atoms with Gasteiger partial charge >= 0.3 is 0 Å². The van der Waals surface area contributed by atoms with Gasteiger partial charge < -0.3 is 8.83 Å². The van der Waals surface area contributed by atoms with Crippen molar-refractivity contribution >= 4 is 43.9 Å². The van der Waals surface area contributed by atoms with Crippen molar-refractivity contribution in [3.63, 3.8) is 0 Å². The quantitative estimate of drug-likeness (QED) is 0.171. The smallest absolute Gasteiger partial charge is 0.164 e. The van der Waals surface area contributed by atoms with Crippen molar-refractivity contribution in [1.82, 2.24) is 15.0 Å². The highest BCUT2D eigenvalue weighted by Gasteiger charge is 2.19. The van der Waals surface area contributed by atoms with Gasteiger partial charge in [-0.15, -0.1) is 0 Å². The van der Waals surface area contributed by atoms with Crippen molar-refractivity contribution in [3.8, 4) is 67.5 Å². The lowest BCUT2D eigenvalue weighted by atomic mass is 10.00. The molecule has 0 aliphatic rings. The fraction of sp³-hybridized carbons (Fsp3) is 0. The van der Waals surface area contributed by atoms with Crippen LogP contribution >= 0.6 is 0 Å². The maximum Gasteiger partial charge on any atom is 0.164 e. The van der Waals surface area contributed by atoms with Crippen molar-refractivity contribution in [3.05, 3.63) is 188 Å². The summed E-state index contributed by atoms with van der Waals surface area (Å²) in [6, 6.07) is 37.3. The van der Waals surface area contributed by atoms with Crippen molar-refractivity contribution in [2.75, 3.05) is 0 Å². The van der Waals surface area contributed by atoms with Gasteiger partial charge in [-0.2, -0.15) is 0 Å². The maximum absolute atomic E-state index is 9.22. The molecule has 0 spiro atoms. The molecule has 0 saturated carbocycles. The van der Waals surface area contributed by atoms with E-state index in [-0.39, 0.29) is 23.0 Å². The van der Waals surface area contributed by atoms with Crippen molar-refractivity contribution < 1.29 is 21.2 Å². The first-order chi connectivity index (χ1) is 31.5. The predicted molar refractivity (Wildman–Crippen MR) is 227 cm³/mol. The number of fused-ring (bicyclic) bond motifs is 6. The zero-order valence-electron chi connectivity index (χ0n) is 38.4. The van der Waals surface area contributed by atoms with E-state index in [9.17, 15) is 2.74 Å². The van der Waals surface area contributed by atoms with Crippen molar-refractivity contribution in [2.24, 2.45) is 0 Å². The van der Waals surface area contributed by atoms with Gasteiger partial charge in [-0.05, 0) is 46.5 Å². The van der Waals surface area contributed by atoms with Crippen LogP contribution in [0, 0.1) is 0 Å². The number of para-hydroxylation sites is 3. The molecular weight excluding hydrogens is 687 g/mol. The Bertz CT molecular complexity index is 3740. The lowest BCUT2D eigenvalue weighted by Gasteiger charge is -2.10. The molecule has 5 nitrogen and oxygen atoms in total. The molecule has 0 atom stereocenters. The standard InChI is InChI=1S/C51H31N3O2/c1-3-12-32(13-4-1)34-24-26-35(27-25-34)49-52-50(37-17-9-16-36(30-37)33-14-5-2-6-15-33)54-51(53-49)38-28-29-40-42-20-11-22-44(48(42)56-46(40)31-38)43-21-10-19-41-39-18-7-8-23-45(39)55-47(41)43/h1-31H/i1D,3D,4D,12D,13D,24D,25D,26D,27D. The van der Waals surface area contributed by atoms with Crippen LogP contribution in [0.3, 0.4) is 0 Å². The van der Waals surface area contributed by atoms with E-state index in [0.717, 1.165) is 55.0 Å². The molecule has 3 heterocycles. The van der Waals surface area contributed by atoms with Gasteiger partial charge in [0.1, 0.15) is 22.3 Å². The summed E-state index contributed by atoms with van der Waals surface area (Å²) in [5.74, 6) is 0.196. The molecule has 11 rings (SSSR count). The van der Waals surface area contributed by atoms with Crippen LogP contribution < -0.4 is 0 Å². The zero-order chi connectivity index (χ0) is 44.8. The molecule has 56 heavy (non-hydrogen) atoms. The summed E-state index contributed by atoms with van der Waals surface area (Å²) in [5, 5.41) is 3.74. The number of rotatable bonds is 6. The van der Waals surface area contributed by atoms with Crippen LogP contribution in [-0.4, -0.2) is 15.0 Å². The van der Waals surface area contributed by atoms with Gasteiger partial charge in [0.05, 0.1) is 12.3 Å². The van der Waals surface area contributed by atoms with Gasteiger partial charge in [0.2, 0.25) is 0 Å². The molecule has 5 heteroatoms. The molecule has 0 radical (unpaired) electrons. The van der Waals surface area contributed by atoms with E-state index in [0.29, 0.717) is 22.3 Å². The summed E-state index contributed by atoms with van der Waals surface area (Å²) in [5.41, 5.74) is 6.30. The van der Waals surface area contributed by atoms with E-state index in [1.165, 1.54) is 0 Å². The lowest BCUT2D eigenvalue weighted by Crippen LogP contribution is -2.00. The second-order valence-electron chi connectivity index (χ2n) is 13.3. The third kappa shape index (κ3) is 5.45. The molecule has 0 unspecified atom stereocenters. The third-order valence-electron chi connectivity index (χ3n) is 9.91. The molecule has 0 saturated heterocycles. The van der Waals surface area contributed by atoms with Gasteiger partial charge in [0, 0.05) is 49.4 Å². The van der Waals surface area contributed by atoms with Crippen molar-refractivity contribution in [2.45, 2.75) is 0 Å².